The highest BCUT2D eigenvalue weighted by atomic mass is 16.6. The Morgan fingerprint density at radius 3 is 3.00 bits per heavy atom. The third kappa shape index (κ3) is 0.716. The van der Waals surface area contributed by atoms with Crippen LogP contribution in [0, 0.1) is 5.92 Å². The largest absolute Gasteiger partial charge is 0.457 e. The van der Waals surface area contributed by atoms with Crippen LogP contribution in [0.1, 0.15) is 12.8 Å². The lowest BCUT2D eigenvalue weighted by atomic mass is 9.85. The molecule has 0 radical (unpaired) electrons. The van der Waals surface area contributed by atoms with Crippen LogP contribution in [0.5, 0.6) is 0 Å². The fraction of sp³-hybridized carbons (Fsp3) is 0.875. The minimum Gasteiger partial charge on any atom is -0.457 e. The lowest BCUT2D eigenvalue weighted by Crippen LogP contribution is -2.33. The Bertz CT molecular complexity index is 239. The van der Waals surface area contributed by atoms with Gasteiger partial charge in [0.05, 0.1) is 6.10 Å². The van der Waals surface area contributed by atoms with Crippen molar-refractivity contribution in [3.8, 4) is 0 Å². The molecule has 2 saturated heterocycles. The molecule has 3 rings (SSSR count). The van der Waals surface area contributed by atoms with Gasteiger partial charge in [-0.3, -0.25) is 0 Å². The second kappa shape index (κ2) is 2.00. The number of aliphatic hydroxyl groups excluding tert-OH is 1. The number of carbonyl (C=O) groups excluding carboxylic acids is 1. The minimum absolute atomic E-state index is 0.0127. The molecule has 4 heteroatoms. The molecule has 2 heterocycles. The smallest absolute Gasteiger partial charge is 0.335 e. The molecule has 2 aliphatic heterocycles. The van der Waals surface area contributed by atoms with Crippen molar-refractivity contribution >= 4 is 5.97 Å². The van der Waals surface area contributed by atoms with Gasteiger partial charge in [-0.2, -0.15) is 0 Å². The molecule has 1 N–H and O–H groups in total. The first-order valence-corrected chi connectivity index (χ1v) is 4.31. The van der Waals surface area contributed by atoms with E-state index in [1.54, 1.807) is 0 Å². The van der Waals surface area contributed by atoms with Crippen LogP contribution in [0.2, 0.25) is 0 Å². The maximum absolute atomic E-state index is 11.0. The van der Waals surface area contributed by atoms with Crippen LogP contribution in [0.25, 0.3) is 0 Å². The van der Waals surface area contributed by atoms with Gasteiger partial charge < -0.3 is 14.6 Å². The number of hydrogen-bond donors (Lipinski definition) is 1. The predicted molar refractivity (Wildman–Crippen MR) is 37.3 cm³/mol. The standard InChI is InChI=1S/C8H10O4/c9-5-3-1-2-4-7(11-4)6(3)12-8(5)10/h3-7,9H,1-2H2/t3-,4-,5+,6+,7-/m0/s1. The summed E-state index contributed by atoms with van der Waals surface area (Å²) in [5, 5.41) is 9.40. The topological polar surface area (TPSA) is 59.1 Å². The Labute approximate surface area is 69.5 Å². The Morgan fingerprint density at radius 1 is 1.33 bits per heavy atom. The fourth-order valence-corrected chi connectivity index (χ4v) is 2.31. The van der Waals surface area contributed by atoms with Gasteiger partial charge in [0.2, 0.25) is 0 Å². The first-order valence-electron chi connectivity index (χ1n) is 4.31. The summed E-state index contributed by atoms with van der Waals surface area (Å²) in [4.78, 5) is 11.0. The lowest BCUT2D eigenvalue weighted by molar-refractivity contribution is -0.147. The summed E-state index contributed by atoms with van der Waals surface area (Å²) in [6.45, 7) is 0. The van der Waals surface area contributed by atoms with E-state index < -0.39 is 12.1 Å². The quantitative estimate of drug-likeness (QED) is 0.391. The Morgan fingerprint density at radius 2 is 2.17 bits per heavy atom. The number of esters is 1. The molecule has 0 unspecified atom stereocenters. The summed E-state index contributed by atoms with van der Waals surface area (Å²) in [7, 11) is 0. The van der Waals surface area contributed by atoms with Crippen molar-refractivity contribution in [2.75, 3.05) is 0 Å². The molecule has 1 aliphatic carbocycles. The highest BCUT2D eigenvalue weighted by Crippen LogP contribution is 2.45. The number of ether oxygens (including phenoxy) is 2. The monoisotopic (exact) mass is 170 g/mol. The summed E-state index contributed by atoms with van der Waals surface area (Å²) in [5.41, 5.74) is 0. The summed E-state index contributed by atoms with van der Waals surface area (Å²) in [6.07, 6.45) is 1.12. The van der Waals surface area contributed by atoms with Gasteiger partial charge >= 0.3 is 5.97 Å². The third-order valence-electron chi connectivity index (χ3n) is 3.05. The molecular weight excluding hydrogens is 160 g/mol. The minimum atomic E-state index is -0.903. The molecule has 0 aromatic rings. The van der Waals surface area contributed by atoms with Crippen molar-refractivity contribution < 1.29 is 19.4 Å². The molecule has 12 heavy (non-hydrogen) atoms. The summed E-state index contributed by atoms with van der Waals surface area (Å²) in [5.74, 6) is -0.484. The highest BCUT2D eigenvalue weighted by Gasteiger charge is 2.59. The molecule has 3 fully saturated rings. The molecule has 4 nitrogen and oxygen atoms in total. The maximum Gasteiger partial charge on any atom is 0.335 e. The van der Waals surface area contributed by atoms with Crippen molar-refractivity contribution in [3.05, 3.63) is 0 Å². The zero-order chi connectivity index (χ0) is 8.29. The van der Waals surface area contributed by atoms with Gasteiger partial charge in [0.1, 0.15) is 12.2 Å². The van der Waals surface area contributed by atoms with E-state index in [1.807, 2.05) is 0 Å². The lowest BCUT2D eigenvalue weighted by Gasteiger charge is -2.19. The molecule has 3 aliphatic rings. The van der Waals surface area contributed by atoms with Crippen molar-refractivity contribution in [1.82, 2.24) is 0 Å². The highest BCUT2D eigenvalue weighted by molar-refractivity contribution is 5.77. The van der Waals surface area contributed by atoms with Gasteiger partial charge in [0.15, 0.2) is 6.10 Å². The van der Waals surface area contributed by atoms with E-state index in [0.717, 1.165) is 12.8 Å². The molecule has 0 bridgehead atoms. The summed E-state index contributed by atoms with van der Waals surface area (Å²) < 4.78 is 10.3. The van der Waals surface area contributed by atoms with Crippen molar-refractivity contribution in [2.45, 2.75) is 37.3 Å². The van der Waals surface area contributed by atoms with E-state index in [4.69, 9.17) is 9.47 Å². The molecule has 5 atom stereocenters. The van der Waals surface area contributed by atoms with Crippen molar-refractivity contribution in [1.29, 1.82) is 0 Å². The van der Waals surface area contributed by atoms with Crippen LogP contribution in [-0.4, -0.2) is 35.5 Å². The van der Waals surface area contributed by atoms with Crippen molar-refractivity contribution in [2.24, 2.45) is 5.92 Å². The van der Waals surface area contributed by atoms with Crippen LogP contribution in [0.15, 0.2) is 0 Å². The Hall–Kier alpha value is -0.610. The molecule has 0 amide bonds. The maximum atomic E-state index is 11.0. The number of aliphatic hydroxyl groups is 1. The van der Waals surface area contributed by atoms with E-state index in [2.05, 4.69) is 0 Å². The van der Waals surface area contributed by atoms with E-state index in [0.29, 0.717) is 6.10 Å². The second-order valence-electron chi connectivity index (χ2n) is 3.73. The average Bonchev–Trinajstić information content (AvgIpc) is 2.77. The SMILES string of the molecule is O=C1O[C@@H]2[C@@H](CC[C@@H]3O[C@H]23)[C@H]1O. The molecule has 0 spiro atoms. The molecule has 0 aromatic carbocycles. The number of epoxide rings is 1. The number of fused-ring (bicyclic) bond motifs is 3. The Balaban J connectivity index is 1.87. The third-order valence-corrected chi connectivity index (χ3v) is 3.05. The first kappa shape index (κ1) is 6.86. The van der Waals surface area contributed by atoms with Crippen LogP contribution < -0.4 is 0 Å². The molecule has 0 aromatic heterocycles. The van der Waals surface area contributed by atoms with Gasteiger partial charge in [-0.1, -0.05) is 0 Å². The Kier molecular flexibility index (Phi) is 1.14. The van der Waals surface area contributed by atoms with Crippen molar-refractivity contribution in [3.63, 3.8) is 0 Å². The molecule has 66 valence electrons. The average molecular weight is 170 g/mol. The predicted octanol–water partition coefficient (Wildman–Crippen LogP) is -0.550. The van der Waals surface area contributed by atoms with E-state index >= 15 is 0 Å². The zero-order valence-electron chi connectivity index (χ0n) is 6.47. The zero-order valence-corrected chi connectivity index (χ0v) is 6.47. The summed E-state index contributed by atoms with van der Waals surface area (Å²) in [6, 6.07) is 0. The van der Waals surface area contributed by atoms with Crippen LogP contribution >= 0.6 is 0 Å². The van der Waals surface area contributed by atoms with Gasteiger partial charge in [-0.25, -0.2) is 4.79 Å². The van der Waals surface area contributed by atoms with Gasteiger partial charge in [0, 0.05) is 5.92 Å². The number of rotatable bonds is 0. The van der Waals surface area contributed by atoms with E-state index in [1.165, 1.54) is 0 Å². The number of hydrogen-bond acceptors (Lipinski definition) is 4. The fourth-order valence-electron chi connectivity index (χ4n) is 2.31. The molecular formula is C8H10O4. The van der Waals surface area contributed by atoms with Gasteiger partial charge in [-0.05, 0) is 12.8 Å². The van der Waals surface area contributed by atoms with Gasteiger partial charge in [-0.15, -0.1) is 0 Å². The van der Waals surface area contributed by atoms with E-state index in [9.17, 15) is 9.90 Å². The second-order valence-corrected chi connectivity index (χ2v) is 3.73. The normalized spacial score (nSPS) is 55.8. The van der Waals surface area contributed by atoms with Crippen LogP contribution in [0.3, 0.4) is 0 Å². The van der Waals surface area contributed by atoms with E-state index in [-0.39, 0.29) is 18.1 Å². The van der Waals surface area contributed by atoms with Crippen LogP contribution in [0.4, 0.5) is 0 Å². The van der Waals surface area contributed by atoms with Crippen LogP contribution in [-0.2, 0) is 14.3 Å². The summed E-state index contributed by atoms with van der Waals surface area (Å²) >= 11 is 0. The first-order chi connectivity index (χ1) is 5.77. The van der Waals surface area contributed by atoms with Gasteiger partial charge in [0.25, 0.3) is 0 Å². The number of carbonyl (C=O) groups is 1. The molecule has 1 saturated carbocycles.